The van der Waals surface area contributed by atoms with Gasteiger partial charge in [0.1, 0.15) is 5.56 Å². The normalized spacial score (nSPS) is 10.9. The Morgan fingerprint density at radius 1 is 1.18 bits per heavy atom. The number of amides is 1. The van der Waals surface area contributed by atoms with Gasteiger partial charge >= 0.3 is 5.97 Å². The lowest BCUT2D eigenvalue weighted by molar-refractivity contribution is -0.385. The van der Waals surface area contributed by atoms with Crippen LogP contribution in [0.4, 0.5) is 5.69 Å². The van der Waals surface area contributed by atoms with Crippen LogP contribution in [0.1, 0.15) is 44.6 Å². The van der Waals surface area contributed by atoms with Crippen LogP contribution in [0.3, 0.4) is 0 Å². The summed E-state index contributed by atoms with van der Waals surface area (Å²) in [5, 5.41) is 15.6. The quantitative estimate of drug-likeness (QED) is 0.213. The minimum atomic E-state index is -0.745. The number of nitrogens with one attached hydrogen (secondary N) is 1. The lowest BCUT2D eigenvalue weighted by Gasteiger charge is -2.11. The minimum absolute atomic E-state index is 0.107. The molecule has 2 aromatic carbocycles. The average molecular weight is 513 g/mol. The highest BCUT2D eigenvalue weighted by atomic mass is 79.9. The lowest BCUT2D eigenvalue weighted by Crippen LogP contribution is -2.18. The topological polar surface area (TPSA) is 116 Å². The van der Waals surface area contributed by atoms with Crippen LogP contribution in [0, 0.1) is 24.0 Å². The first-order chi connectivity index (χ1) is 15.7. The van der Waals surface area contributed by atoms with E-state index in [9.17, 15) is 19.7 Å². The van der Waals surface area contributed by atoms with E-state index in [2.05, 4.69) is 26.5 Å². The Morgan fingerprint density at radius 3 is 2.58 bits per heavy atom. The molecule has 0 aliphatic rings. The van der Waals surface area contributed by atoms with E-state index in [4.69, 9.17) is 4.74 Å². The fraction of sp³-hybridized carbons (Fsp3) is 0.174. The second-order valence-corrected chi connectivity index (χ2v) is 7.87. The van der Waals surface area contributed by atoms with Crippen molar-refractivity contribution in [3.63, 3.8) is 0 Å². The predicted octanol–water partition coefficient (Wildman–Crippen LogP) is 4.71. The van der Waals surface area contributed by atoms with Crippen molar-refractivity contribution in [2.24, 2.45) is 5.10 Å². The SMILES string of the molecule is CCOC(=O)c1ccc(-n2c(C)cc(/C=N/NC(=O)c3ccccc3Br)c2C)cc1[N+](=O)[O-]. The molecule has 0 spiro atoms. The van der Waals surface area contributed by atoms with Crippen LogP contribution in [0.15, 0.2) is 58.1 Å². The molecule has 1 amide bonds. The van der Waals surface area contributed by atoms with Crippen molar-refractivity contribution in [1.29, 1.82) is 0 Å². The molecular formula is C23H21BrN4O5. The van der Waals surface area contributed by atoms with E-state index in [-0.39, 0.29) is 23.8 Å². The molecule has 0 aliphatic heterocycles. The Morgan fingerprint density at radius 2 is 1.91 bits per heavy atom. The van der Waals surface area contributed by atoms with Crippen molar-refractivity contribution in [2.45, 2.75) is 20.8 Å². The predicted molar refractivity (Wildman–Crippen MR) is 127 cm³/mol. The third kappa shape index (κ3) is 5.17. The number of halogens is 1. The maximum Gasteiger partial charge on any atom is 0.345 e. The number of hydrazone groups is 1. The van der Waals surface area contributed by atoms with Crippen molar-refractivity contribution in [3.8, 4) is 5.69 Å². The number of ether oxygens (including phenoxy) is 1. The molecule has 0 aliphatic carbocycles. The molecule has 170 valence electrons. The third-order valence-electron chi connectivity index (χ3n) is 4.89. The number of benzene rings is 2. The van der Waals surface area contributed by atoms with Gasteiger partial charge in [-0.3, -0.25) is 14.9 Å². The van der Waals surface area contributed by atoms with E-state index in [1.165, 1.54) is 18.3 Å². The fourth-order valence-corrected chi connectivity index (χ4v) is 3.84. The van der Waals surface area contributed by atoms with E-state index in [1.54, 1.807) is 35.8 Å². The van der Waals surface area contributed by atoms with Crippen LogP contribution in [0.25, 0.3) is 5.69 Å². The highest BCUT2D eigenvalue weighted by molar-refractivity contribution is 9.10. The van der Waals surface area contributed by atoms with Crippen LogP contribution in [-0.2, 0) is 4.74 Å². The summed E-state index contributed by atoms with van der Waals surface area (Å²) in [5.74, 6) is -1.11. The Balaban J connectivity index is 1.89. The van der Waals surface area contributed by atoms with Crippen LogP contribution in [0.5, 0.6) is 0 Å². The highest BCUT2D eigenvalue weighted by Gasteiger charge is 2.23. The molecule has 0 saturated carbocycles. The molecule has 0 saturated heterocycles. The summed E-state index contributed by atoms with van der Waals surface area (Å²) in [6, 6.07) is 13.2. The van der Waals surface area contributed by atoms with Gasteiger partial charge in [-0.05, 0) is 67.0 Å². The molecular weight excluding hydrogens is 492 g/mol. The van der Waals surface area contributed by atoms with Crippen molar-refractivity contribution in [1.82, 2.24) is 9.99 Å². The summed E-state index contributed by atoms with van der Waals surface area (Å²) in [6.45, 7) is 5.42. The molecule has 0 radical (unpaired) electrons. The number of nitro benzene ring substituents is 1. The van der Waals surface area contributed by atoms with Gasteiger partial charge in [-0.1, -0.05) is 12.1 Å². The number of rotatable bonds is 7. The number of aromatic nitrogens is 1. The van der Waals surface area contributed by atoms with E-state index < -0.39 is 10.9 Å². The Kier molecular flexibility index (Phi) is 7.39. The van der Waals surface area contributed by atoms with Gasteiger partial charge in [-0.25, -0.2) is 10.2 Å². The molecule has 1 aromatic heterocycles. The molecule has 1 heterocycles. The van der Waals surface area contributed by atoms with Gasteiger partial charge in [0.15, 0.2) is 0 Å². The zero-order valence-electron chi connectivity index (χ0n) is 18.2. The monoisotopic (exact) mass is 512 g/mol. The largest absolute Gasteiger partial charge is 0.462 e. The first kappa shape index (κ1) is 23.9. The van der Waals surface area contributed by atoms with Gasteiger partial charge in [0.05, 0.1) is 29.0 Å². The lowest BCUT2D eigenvalue weighted by atomic mass is 10.1. The average Bonchev–Trinajstić information content (AvgIpc) is 3.06. The number of esters is 1. The maximum absolute atomic E-state index is 12.3. The summed E-state index contributed by atoms with van der Waals surface area (Å²) >= 11 is 3.33. The maximum atomic E-state index is 12.3. The molecule has 9 nitrogen and oxygen atoms in total. The van der Waals surface area contributed by atoms with Crippen LogP contribution >= 0.6 is 15.9 Å². The zero-order chi connectivity index (χ0) is 24.1. The summed E-state index contributed by atoms with van der Waals surface area (Å²) in [4.78, 5) is 35.3. The van der Waals surface area contributed by atoms with Gasteiger partial charge in [0, 0.05) is 27.5 Å². The van der Waals surface area contributed by atoms with Crippen molar-refractivity contribution in [3.05, 3.63) is 91.2 Å². The summed E-state index contributed by atoms with van der Waals surface area (Å²) in [5.41, 5.74) is 5.28. The van der Waals surface area contributed by atoms with Gasteiger partial charge < -0.3 is 9.30 Å². The van der Waals surface area contributed by atoms with Crippen molar-refractivity contribution >= 4 is 39.7 Å². The third-order valence-corrected chi connectivity index (χ3v) is 5.58. The minimum Gasteiger partial charge on any atom is -0.462 e. The number of hydrogen-bond donors (Lipinski definition) is 1. The van der Waals surface area contributed by atoms with E-state index in [0.717, 1.165) is 17.0 Å². The van der Waals surface area contributed by atoms with Crippen LogP contribution in [-0.4, -0.2) is 34.2 Å². The number of nitro groups is 1. The first-order valence-corrected chi connectivity index (χ1v) is 10.8. The van der Waals surface area contributed by atoms with Gasteiger partial charge in [-0.2, -0.15) is 5.10 Å². The first-order valence-electron chi connectivity index (χ1n) is 9.97. The zero-order valence-corrected chi connectivity index (χ0v) is 19.8. The van der Waals surface area contributed by atoms with E-state index in [1.807, 2.05) is 26.0 Å². The number of carbonyl (C=O) groups is 2. The number of nitrogens with zero attached hydrogens (tertiary/aromatic N) is 3. The molecule has 0 atom stereocenters. The Hall–Kier alpha value is -3.79. The molecule has 10 heteroatoms. The summed E-state index contributed by atoms with van der Waals surface area (Å²) in [7, 11) is 0. The van der Waals surface area contributed by atoms with Crippen molar-refractivity contribution in [2.75, 3.05) is 6.61 Å². The number of aryl methyl sites for hydroxylation is 1. The van der Waals surface area contributed by atoms with Crippen LogP contribution in [0.2, 0.25) is 0 Å². The fourth-order valence-electron chi connectivity index (χ4n) is 3.37. The van der Waals surface area contributed by atoms with E-state index >= 15 is 0 Å². The van der Waals surface area contributed by atoms with Crippen molar-refractivity contribution < 1.29 is 19.2 Å². The van der Waals surface area contributed by atoms with E-state index in [0.29, 0.717) is 15.7 Å². The molecule has 33 heavy (non-hydrogen) atoms. The van der Waals surface area contributed by atoms with Crippen LogP contribution < -0.4 is 5.43 Å². The highest BCUT2D eigenvalue weighted by Crippen LogP contribution is 2.27. The standard InChI is InChI=1S/C23H21BrN4O5/c1-4-33-23(30)19-10-9-17(12-21(19)28(31)32)27-14(2)11-16(15(27)3)13-25-26-22(29)18-7-5-6-8-20(18)24/h5-13H,4H2,1-3H3,(H,26,29)/b25-13+. The molecule has 0 bridgehead atoms. The number of carbonyl (C=O) groups excluding carboxylic acids is 2. The van der Waals surface area contributed by atoms with Gasteiger partial charge in [-0.15, -0.1) is 0 Å². The second kappa shape index (κ2) is 10.2. The summed E-state index contributed by atoms with van der Waals surface area (Å²) in [6.07, 6.45) is 1.51. The number of hydrogen-bond acceptors (Lipinski definition) is 6. The Labute approximate surface area is 198 Å². The molecule has 3 aromatic rings. The summed E-state index contributed by atoms with van der Waals surface area (Å²) < 4.78 is 7.37. The molecule has 3 rings (SSSR count). The molecule has 0 unspecified atom stereocenters. The molecule has 1 N–H and O–H groups in total. The smallest absolute Gasteiger partial charge is 0.345 e. The Bertz CT molecular complexity index is 1270. The second-order valence-electron chi connectivity index (χ2n) is 7.02. The van der Waals surface area contributed by atoms with Gasteiger partial charge in [0.25, 0.3) is 11.6 Å². The van der Waals surface area contributed by atoms with Gasteiger partial charge in [0.2, 0.25) is 0 Å². The molecule has 0 fully saturated rings.